The summed E-state index contributed by atoms with van der Waals surface area (Å²) in [5.41, 5.74) is 0. The van der Waals surface area contributed by atoms with E-state index in [1.165, 1.54) is 77.9 Å². The van der Waals surface area contributed by atoms with Gasteiger partial charge in [-0.2, -0.15) is 0 Å². The van der Waals surface area contributed by atoms with Crippen LogP contribution in [0.3, 0.4) is 0 Å². The second kappa shape index (κ2) is 7.34. The van der Waals surface area contributed by atoms with Crippen molar-refractivity contribution < 1.29 is 0 Å². The molecule has 3 heteroatoms. The number of nitrogens with zero attached hydrogens (tertiary/aromatic N) is 2. The highest BCUT2D eigenvalue weighted by atomic mass is 15.2. The summed E-state index contributed by atoms with van der Waals surface area (Å²) < 4.78 is 0. The van der Waals surface area contributed by atoms with E-state index in [-0.39, 0.29) is 0 Å². The van der Waals surface area contributed by atoms with E-state index >= 15 is 0 Å². The van der Waals surface area contributed by atoms with Crippen molar-refractivity contribution in [3.63, 3.8) is 0 Å². The molecule has 0 saturated carbocycles. The molecule has 3 nitrogen and oxygen atoms in total. The molecule has 0 aliphatic carbocycles. The molecule has 100 valence electrons. The fraction of sp³-hybridized carbons (Fsp3) is 1.00. The number of likely N-dealkylation sites (tertiary alicyclic amines) is 1. The summed E-state index contributed by atoms with van der Waals surface area (Å²) in [5.74, 6) is 0. The standard InChI is InChI=1S/C14H29N3/c1-2-3-4-9-17-10-5-6-14(17)13-16-11-7-15-8-12-16/h14-15H,2-13H2,1H3. The van der Waals surface area contributed by atoms with Gasteiger partial charge in [0.15, 0.2) is 0 Å². The van der Waals surface area contributed by atoms with E-state index in [1.807, 2.05) is 0 Å². The Bertz CT molecular complexity index is 202. The fourth-order valence-electron chi connectivity index (χ4n) is 3.15. The summed E-state index contributed by atoms with van der Waals surface area (Å²) in [4.78, 5) is 5.40. The summed E-state index contributed by atoms with van der Waals surface area (Å²) in [6, 6.07) is 0.852. The summed E-state index contributed by atoms with van der Waals surface area (Å²) in [6.45, 7) is 11.2. The molecular formula is C14H29N3. The first-order valence-electron chi connectivity index (χ1n) is 7.57. The number of piperazine rings is 1. The fourth-order valence-corrected chi connectivity index (χ4v) is 3.15. The van der Waals surface area contributed by atoms with E-state index in [4.69, 9.17) is 0 Å². The van der Waals surface area contributed by atoms with Crippen LogP contribution in [0.5, 0.6) is 0 Å². The van der Waals surface area contributed by atoms with E-state index in [0.29, 0.717) is 0 Å². The highest BCUT2D eigenvalue weighted by Gasteiger charge is 2.26. The summed E-state index contributed by atoms with van der Waals surface area (Å²) in [6.07, 6.45) is 6.99. The highest BCUT2D eigenvalue weighted by Crippen LogP contribution is 2.19. The van der Waals surface area contributed by atoms with Crippen LogP contribution in [-0.4, -0.2) is 61.7 Å². The van der Waals surface area contributed by atoms with Crippen molar-refractivity contribution in [2.45, 2.75) is 45.1 Å². The predicted molar refractivity (Wildman–Crippen MR) is 73.4 cm³/mol. The Morgan fingerprint density at radius 2 is 1.94 bits per heavy atom. The number of hydrogen-bond donors (Lipinski definition) is 1. The van der Waals surface area contributed by atoms with Crippen molar-refractivity contribution in [3.05, 3.63) is 0 Å². The lowest BCUT2D eigenvalue weighted by Gasteiger charge is -2.33. The third-order valence-electron chi connectivity index (χ3n) is 4.23. The van der Waals surface area contributed by atoms with E-state index in [2.05, 4.69) is 22.0 Å². The van der Waals surface area contributed by atoms with Crippen molar-refractivity contribution in [2.24, 2.45) is 0 Å². The molecule has 17 heavy (non-hydrogen) atoms. The third-order valence-corrected chi connectivity index (χ3v) is 4.23. The Hall–Kier alpha value is -0.120. The van der Waals surface area contributed by atoms with Gasteiger partial charge in [-0.05, 0) is 32.4 Å². The Morgan fingerprint density at radius 1 is 1.12 bits per heavy atom. The van der Waals surface area contributed by atoms with Crippen LogP contribution >= 0.6 is 0 Å². The van der Waals surface area contributed by atoms with Crippen molar-refractivity contribution in [2.75, 3.05) is 45.8 Å². The smallest absolute Gasteiger partial charge is 0.0223 e. The number of rotatable bonds is 6. The molecule has 2 heterocycles. The highest BCUT2D eigenvalue weighted by molar-refractivity contribution is 4.83. The summed E-state index contributed by atoms with van der Waals surface area (Å²) >= 11 is 0. The van der Waals surface area contributed by atoms with Gasteiger partial charge in [-0.3, -0.25) is 9.80 Å². The average Bonchev–Trinajstić information content (AvgIpc) is 2.79. The second-order valence-corrected chi connectivity index (χ2v) is 5.59. The molecule has 0 amide bonds. The first-order valence-corrected chi connectivity index (χ1v) is 7.57. The Labute approximate surface area is 107 Å². The molecule has 0 aromatic heterocycles. The lowest BCUT2D eigenvalue weighted by atomic mass is 10.2. The minimum Gasteiger partial charge on any atom is -0.314 e. The minimum atomic E-state index is 0.852. The zero-order valence-corrected chi connectivity index (χ0v) is 11.5. The van der Waals surface area contributed by atoms with Crippen LogP contribution in [0.2, 0.25) is 0 Å². The molecule has 0 aromatic rings. The van der Waals surface area contributed by atoms with Crippen LogP contribution in [0.4, 0.5) is 0 Å². The third kappa shape index (κ3) is 4.23. The molecule has 0 aromatic carbocycles. The molecule has 0 radical (unpaired) electrons. The van der Waals surface area contributed by atoms with Gasteiger partial charge in [-0.25, -0.2) is 0 Å². The molecule has 1 atom stereocenters. The lowest BCUT2D eigenvalue weighted by molar-refractivity contribution is 0.158. The quantitative estimate of drug-likeness (QED) is 0.710. The van der Waals surface area contributed by atoms with Crippen LogP contribution in [0.25, 0.3) is 0 Å². The van der Waals surface area contributed by atoms with Gasteiger partial charge in [0.2, 0.25) is 0 Å². The molecule has 0 spiro atoms. The van der Waals surface area contributed by atoms with Gasteiger partial charge in [-0.1, -0.05) is 19.8 Å². The van der Waals surface area contributed by atoms with Crippen LogP contribution < -0.4 is 5.32 Å². The maximum atomic E-state index is 3.44. The van der Waals surface area contributed by atoms with E-state index < -0.39 is 0 Å². The van der Waals surface area contributed by atoms with E-state index in [9.17, 15) is 0 Å². The Kier molecular flexibility index (Phi) is 5.75. The van der Waals surface area contributed by atoms with Gasteiger partial charge in [0.1, 0.15) is 0 Å². The first kappa shape index (κ1) is 13.3. The zero-order valence-electron chi connectivity index (χ0n) is 11.5. The van der Waals surface area contributed by atoms with Crippen LogP contribution in [0.1, 0.15) is 39.0 Å². The lowest BCUT2D eigenvalue weighted by Crippen LogP contribution is -2.48. The minimum absolute atomic E-state index is 0.852. The maximum absolute atomic E-state index is 3.44. The van der Waals surface area contributed by atoms with Gasteiger partial charge >= 0.3 is 0 Å². The van der Waals surface area contributed by atoms with Gasteiger partial charge in [-0.15, -0.1) is 0 Å². The molecule has 2 saturated heterocycles. The normalized spacial score (nSPS) is 27.7. The molecule has 1 N–H and O–H groups in total. The summed E-state index contributed by atoms with van der Waals surface area (Å²) in [7, 11) is 0. The number of hydrogen-bond acceptors (Lipinski definition) is 3. The van der Waals surface area contributed by atoms with E-state index in [0.717, 1.165) is 6.04 Å². The topological polar surface area (TPSA) is 18.5 Å². The predicted octanol–water partition coefficient (Wildman–Crippen LogP) is 1.55. The van der Waals surface area contributed by atoms with Gasteiger partial charge < -0.3 is 5.32 Å². The van der Waals surface area contributed by atoms with E-state index in [1.54, 1.807) is 0 Å². The SMILES string of the molecule is CCCCCN1CCCC1CN1CCNCC1. The van der Waals surface area contributed by atoms with Gasteiger partial charge in [0, 0.05) is 38.8 Å². The largest absolute Gasteiger partial charge is 0.314 e. The van der Waals surface area contributed by atoms with Gasteiger partial charge in [0.05, 0.1) is 0 Å². The van der Waals surface area contributed by atoms with Crippen molar-refractivity contribution in [1.29, 1.82) is 0 Å². The Balaban J connectivity index is 1.70. The van der Waals surface area contributed by atoms with Crippen molar-refractivity contribution >= 4 is 0 Å². The van der Waals surface area contributed by atoms with Gasteiger partial charge in [0.25, 0.3) is 0 Å². The molecular weight excluding hydrogens is 210 g/mol. The van der Waals surface area contributed by atoms with Crippen molar-refractivity contribution in [1.82, 2.24) is 15.1 Å². The first-order chi connectivity index (χ1) is 8.40. The Morgan fingerprint density at radius 3 is 2.71 bits per heavy atom. The molecule has 2 fully saturated rings. The molecule has 0 bridgehead atoms. The van der Waals surface area contributed by atoms with Crippen LogP contribution in [-0.2, 0) is 0 Å². The second-order valence-electron chi connectivity index (χ2n) is 5.59. The van der Waals surface area contributed by atoms with Crippen LogP contribution in [0, 0.1) is 0 Å². The summed E-state index contributed by atoms with van der Waals surface area (Å²) in [5, 5.41) is 3.44. The maximum Gasteiger partial charge on any atom is 0.0223 e. The van der Waals surface area contributed by atoms with Crippen LogP contribution in [0.15, 0.2) is 0 Å². The molecule has 2 rings (SSSR count). The average molecular weight is 239 g/mol. The van der Waals surface area contributed by atoms with Crippen molar-refractivity contribution in [3.8, 4) is 0 Å². The molecule has 2 aliphatic rings. The molecule has 2 aliphatic heterocycles. The zero-order chi connectivity index (χ0) is 11.9. The monoisotopic (exact) mass is 239 g/mol. The number of nitrogens with one attached hydrogen (secondary N) is 1. The molecule has 1 unspecified atom stereocenters. The number of unbranched alkanes of at least 4 members (excludes halogenated alkanes) is 2.